The van der Waals surface area contributed by atoms with Crippen molar-refractivity contribution in [2.75, 3.05) is 0 Å². The van der Waals surface area contributed by atoms with Gasteiger partial charge in [-0.05, 0) is 37.5 Å². The van der Waals surface area contributed by atoms with Gasteiger partial charge in [-0.2, -0.15) is 0 Å². The molecule has 0 radical (unpaired) electrons. The fraction of sp³-hybridized carbons (Fsp3) is 0.500. The van der Waals surface area contributed by atoms with Gasteiger partial charge in [-0.25, -0.2) is 0 Å². The summed E-state index contributed by atoms with van der Waals surface area (Å²) in [5.74, 6) is -0.824. The van der Waals surface area contributed by atoms with E-state index in [2.05, 4.69) is 13.0 Å². The van der Waals surface area contributed by atoms with E-state index < -0.39 is 11.6 Å². The number of hydrogen-bond donors (Lipinski definition) is 0. The minimum Gasteiger partial charge on any atom is -0.458 e. The highest BCUT2D eigenvalue weighted by Gasteiger charge is 2.41. The van der Waals surface area contributed by atoms with E-state index >= 15 is 0 Å². The van der Waals surface area contributed by atoms with Gasteiger partial charge >= 0.3 is 11.9 Å². The Morgan fingerprint density at radius 3 is 2.81 bits per heavy atom. The fourth-order valence-corrected chi connectivity index (χ4v) is 3.23. The molecule has 1 aliphatic heterocycles. The fourth-order valence-electron chi connectivity index (χ4n) is 3.23. The van der Waals surface area contributed by atoms with Crippen LogP contribution in [0, 0.1) is 0 Å². The Morgan fingerprint density at radius 1 is 1.33 bits per heavy atom. The van der Waals surface area contributed by atoms with Gasteiger partial charge in [0.05, 0.1) is 0 Å². The Kier molecular flexibility index (Phi) is 7.77. The van der Waals surface area contributed by atoms with Gasteiger partial charge < -0.3 is 9.47 Å². The number of carbonyl (C=O) groups excluding carboxylic acids is 3. The highest BCUT2D eigenvalue weighted by Crippen LogP contribution is 2.34. The van der Waals surface area contributed by atoms with Gasteiger partial charge in [0.2, 0.25) is 0 Å². The first-order valence-corrected chi connectivity index (χ1v) is 9.63. The molecule has 0 aromatic rings. The summed E-state index contributed by atoms with van der Waals surface area (Å²) in [5, 5.41) is 0. The van der Waals surface area contributed by atoms with E-state index in [4.69, 9.17) is 9.47 Å². The highest BCUT2D eigenvalue weighted by atomic mass is 16.6. The third-order valence-electron chi connectivity index (χ3n) is 4.62. The standard InChI is InChI=1S/C22H28O5/c1-3-4-5-6-7-8-15-22(27-17(2)23)16-14-20(24)19(22)11-9-10-18-12-13-21(25)26-18/h7-11,14,16,18H,3-6,12-13,15H2,1-2H3/b8-7-,10-9-,19-11?/t18-,22+/m1/s1. The molecule has 5 nitrogen and oxygen atoms in total. The van der Waals surface area contributed by atoms with Crippen molar-refractivity contribution in [2.45, 2.75) is 70.5 Å². The van der Waals surface area contributed by atoms with Crippen LogP contribution in [0.2, 0.25) is 0 Å². The molecule has 0 spiro atoms. The maximum atomic E-state index is 12.3. The van der Waals surface area contributed by atoms with Crippen LogP contribution in [0.25, 0.3) is 0 Å². The van der Waals surface area contributed by atoms with Crippen LogP contribution in [0.4, 0.5) is 0 Å². The first-order chi connectivity index (χ1) is 13.0. The minimum absolute atomic E-state index is 0.177. The molecule has 0 aromatic carbocycles. The van der Waals surface area contributed by atoms with E-state index in [0.29, 0.717) is 24.8 Å². The average molecular weight is 372 g/mol. The van der Waals surface area contributed by atoms with Crippen molar-refractivity contribution < 1.29 is 23.9 Å². The average Bonchev–Trinajstić information content (AvgIpc) is 3.16. The zero-order valence-electron chi connectivity index (χ0n) is 16.1. The second kappa shape index (κ2) is 10.0. The number of carbonyl (C=O) groups is 3. The number of esters is 2. The molecule has 1 aliphatic carbocycles. The maximum Gasteiger partial charge on any atom is 0.306 e. The predicted molar refractivity (Wildman–Crippen MR) is 103 cm³/mol. The Labute approximate surface area is 160 Å². The molecule has 0 amide bonds. The summed E-state index contributed by atoms with van der Waals surface area (Å²) in [6.45, 7) is 3.50. The molecule has 1 saturated heterocycles. The highest BCUT2D eigenvalue weighted by molar-refractivity contribution is 6.09. The van der Waals surface area contributed by atoms with Crippen LogP contribution in [-0.4, -0.2) is 29.4 Å². The predicted octanol–water partition coefficient (Wildman–Crippen LogP) is 4.14. The van der Waals surface area contributed by atoms with Crippen LogP contribution < -0.4 is 0 Å². The first-order valence-electron chi connectivity index (χ1n) is 9.63. The quantitative estimate of drug-likeness (QED) is 0.263. The molecule has 146 valence electrons. The van der Waals surface area contributed by atoms with Gasteiger partial charge in [0.25, 0.3) is 0 Å². The number of unbranched alkanes of at least 4 members (excludes halogenated alkanes) is 3. The van der Waals surface area contributed by atoms with Gasteiger partial charge in [0.15, 0.2) is 11.4 Å². The first kappa shape index (κ1) is 20.9. The topological polar surface area (TPSA) is 69.7 Å². The number of hydrogen-bond acceptors (Lipinski definition) is 5. The van der Waals surface area contributed by atoms with Crippen LogP contribution in [0.1, 0.15) is 58.8 Å². The van der Waals surface area contributed by atoms with E-state index in [9.17, 15) is 14.4 Å². The van der Waals surface area contributed by atoms with Crippen LogP contribution in [0.3, 0.4) is 0 Å². The van der Waals surface area contributed by atoms with E-state index in [1.54, 1.807) is 24.3 Å². The lowest BCUT2D eigenvalue weighted by molar-refractivity contribution is -0.149. The summed E-state index contributed by atoms with van der Waals surface area (Å²) in [6, 6.07) is 0. The summed E-state index contributed by atoms with van der Waals surface area (Å²) in [7, 11) is 0. The second-order valence-electron chi connectivity index (χ2n) is 6.88. The van der Waals surface area contributed by atoms with E-state index in [-0.39, 0.29) is 17.9 Å². The largest absolute Gasteiger partial charge is 0.458 e. The lowest BCUT2D eigenvalue weighted by atomic mass is 9.91. The third-order valence-corrected chi connectivity index (χ3v) is 4.62. The molecule has 27 heavy (non-hydrogen) atoms. The van der Waals surface area contributed by atoms with E-state index in [1.807, 2.05) is 6.08 Å². The molecular weight excluding hydrogens is 344 g/mol. The van der Waals surface area contributed by atoms with Gasteiger partial charge in [0, 0.05) is 25.3 Å². The normalized spacial score (nSPS) is 26.6. The van der Waals surface area contributed by atoms with Crippen LogP contribution in [0.5, 0.6) is 0 Å². The molecule has 0 unspecified atom stereocenters. The number of ketones is 1. The van der Waals surface area contributed by atoms with Crippen molar-refractivity contribution in [1.29, 1.82) is 0 Å². The van der Waals surface area contributed by atoms with Crippen molar-refractivity contribution >= 4 is 17.7 Å². The van der Waals surface area contributed by atoms with Gasteiger partial charge in [-0.1, -0.05) is 44.1 Å². The second-order valence-corrected chi connectivity index (χ2v) is 6.88. The van der Waals surface area contributed by atoms with Gasteiger partial charge in [-0.15, -0.1) is 0 Å². The Hall–Kier alpha value is -2.43. The van der Waals surface area contributed by atoms with E-state index in [1.165, 1.54) is 19.4 Å². The molecule has 0 bridgehead atoms. The van der Waals surface area contributed by atoms with E-state index in [0.717, 1.165) is 19.3 Å². The Bertz CT molecular complexity index is 683. The molecule has 2 rings (SSSR count). The number of rotatable bonds is 9. The maximum absolute atomic E-state index is 12.3. The van der Waals surface area contributed by atoms with Gasteiger partial charge in [0.1, 0.15) is 6.10 Å². The van der Waals surface area contributed by atoms with Crippen LogP contribution >= 0.6 is 0 Å². The molecule has 1 fully saturated rings. The van der Waals surface area contributed by atoms with Crippen molar-refractivity contribution in [3.63, 3.8) is 0 Å². The molecule has 0 saturated carbocycles. The van der Waals surface area contributed by atoms with Crippen molar-refractivity contribution in [3.05, 3.63) is 48.1 Å². The summed E-state index contributed by atoms with van der Waals surface area (Å²) < 4.78 is 10.7. The molecular formula is C22H28O5. The minimum atomic E-state index is -1.07. The summed E-state index contributed by atoms with van der Waals surface area (Å²) >= 11 is 0. The molecule has 2 atom stereocenters. The summed E-state index contributed by atoms with van der Waals surface area (Å²) in [6.07, 6.45) is 17.9. The smallest absolute Gasteiger partial charge is 0.306 e. The van der Waals surface area contributed by atoms with Gasteiger partial charge in [-0.3, -0.25) is 14.4 Å². The van der Waals surface area contributed by atoms with Crippen molar-refractivity contribution in [3.8, 4) is 0 Å². The lowest BCUT2D eigenvalue weighted by Crippen LogP contribution is -2.33. The molecule has 2 aliphatic rings. The molecule has 0 aromatic heterocycles. The van der Waals surface area contributed by atoms with Crippen LogP contribution in [0.15, 0.2) is 48.1 Å². The number of cyclic esters (lactones) is 1. The lowest BCUT2D eigenvalue weighted by Gasteiger charge is -2.27. The van der Waals surface area contributed by atoms with Crippen molar-refractivity contribution in [1.82, 2.24) is 0 Å². The van der Waals surface area contributed by atoms with Crippen molar-refractivity contribution in [2.24, 2.45) is 0 Å². The third kappa shape index (κ3) is 6.05. The number of ether oxygens (including phenoxy) is 2. The Balaban J connectivity index is 2.11. The van der Waals surface area contributed by atoms with Crippen LogP contribution in [-0.2, 0) is 23.9 Å². The molecule has 1 heterocycles. The Morgan fingerprint density at radius 2 is 2.15 bits per heavy atom. The SMILES string of the molecule is CCCCC/C=C\C[C@]1(OC(C)=O)C=CC(=O)C1=C/C=C\[C@@H]1CCC(=O)O1. The zero-order valence-corrected chi connectivity index (χ0v) is 16.1. The monoisotopic (exact) mass is 372 g/mol. The summed E-state index contributed by atoms with van der Waals surface area (Å²) in [4.78, 5) is 35.2. The molecule has 0 N–H and O–H groups in total. The zero-order chi connectivity index (χ0) is 19.7. The molecule has 5 heteroatoms. The summed E-state index contributed by atoms with van der Waals surface area (Å²) in [5.41, 5.74) is -0.655. The number of allylic oxidation sites excluding steroid dienone is 4.